The normalized spacial score (nSPS) is 11.4. The Morgan fingerprint density at radius 2 is 1.85 bits per heavy atom. The molecule has 0 aliphatic carbocycles. The fourth-order valence-corrected chi connectivity index (χ4v) is 3.22. The van der Waals surface area contributed by atoms with Gasteiger partial charge in [-0.2, -0.15) is 0 Å². The van der Waals surface area contributed by atoms with Gasteiger partial charge >= 0.3 is 5.97 Å². The molecule has 0 atom stereocenters. The lowest BCUT2D eigenvalue weighted by Crippen LogP contribution is -2.33. The van der Waals surface area contributed by atoms with Crippen molar-refractivity contribution in [1.29, 1.82) is 0 Å². The molecule has 2 aromatic carbocycles. The lowest BCUT2D eigenvalue weighted by atomic mass is 10.2. The molecular weight excluding hydrogens is 355 g/mol. The van der Waals surface area contributed by atoms with Crippen molar-refractivity contribution in [2.45, 2.75) is 6.54 Å². The van der Waals surface area contributed by atoms with Crippen LogP contribution in [0.15, 0.2) is 70.5 Å². The zero-order valence-electron chi connectivity index (χ0n) is 13.9. The monoisotopic (exact) mass is 370 g/mol. The Kier molecular flexibility index (Phi) is 5.38. The van der Waals surface area contributed by atoms with E-state index in [2.05, 4.69) is 4.99 Å². The summed E-state index contributed by atoms with van der Waals surface area (Å²) in [5.41, 5.74) is 1.01. The number of methoxy groups -OCH3 is 1. The van der Waals surface area contributed by atoms with E-state index in [4.69, 9.17) is 4.74 Å². The fraction of sp³-hybridized carbons (Fsp3) is 0.105. The van der Waals surface area contributed by atoms with Gasteiger partial charge in [0.05, 0.1) is 19.3 Å². The summed E-state index contributed by atoms with van der Waals surface area (Å²) >= 11 is 1.06. The number of halogens is 1. The molecule has 0 saturated heterocycles. The molecule has 0 aliphatic heterocycles. The van der Waals surface area contributed by atoms with E-state index in [0.717, 1.165) is 16.9 Å². The largest absolute Gasteiger partial charge is 0.465 e. The van der Waals surface area contributed by atoms with Crippen molar-refractivity contribution in [1.82, 2.24) is 4.57 Å². The van der Waals surface area contributed by atoms with Crippen molar-refractivity contribution in [2.24, 2.45) is 4.99 Å². The summed E-state index contributed by atoms with van der Waals surface area (Å²) in [4.78, 5) is 29.4. The molecule has 0 unspecified atom stereocenters. The molecule has 0 N–H and O–H groups in total. The highest BCUT2D eigenvalue weighted by molar-refractivity contribution is 7.11. The van der Waals surface area contributed by atoms with Gasteiger partial charge in [0.15, 0.2) is 4.80 Å². The second-order valence-electron chi connectivity index (χ2n) is 5.38. The second-order valence-corrected chi connectivity index (χ2v) is 6.39. The van der Waals surface area contributed by atoms with E-state index in [9.17, 15) is 14.0 Å². The first-order valence-corrected chi connectivity index (χ1v) is 8.56. The Labute approximate surface area is 152 Å². The maximum Gasteiger partial charge on any atom is 0.348 e. The molecule has 5 nitrogen and oxygen atoms in total. The number of rotatable bonds is 4. The molecule has 0 fully saturated rings. The number of benzene rings is 2. The van der Waals surface area contributed by atoms with Crippen LogP contribution in [0.4, 0.5) is 10.1 Å². The van der Waals surface area contributed by atoms with Gasteiger partial charge in [0, 0.05) is 6.07 Å². The van der Waals surface area contributed by atoms with Crippen LogP contribution in [0.3, 0.4) is 0 Å². The molecule has 7 heteroatoms. The molecule has 1 heterocycles. The Morgan fingerprint density at radius 1 is 1.15 bits per heavy atom. The lowest BCUT2D eigenvalue weighted by Gasteiger charge is -2.08. The van der Waals surface area contributed by atoms with Gasteiger partial charge in [-0.15, -0.1) is 0 Å². The number of nitrogens with zero attached hydrogens (tertiary/aromatic N) is 2. The minimum Gasteiger partial charge on any atom is -0.465 e. The van der Waals surface area contributed by atoms with E-state index in [1.807, 2.05) is 18.2 Å². The lowest BCUT2D eigenvalue weighted by molar-refractivity contribution is 0.0606. The van der Waals surface area contributed by atoms with Gasteiger partial charge in [-0.3, -0.25) is 9.36 Å². The van der Waals surface area contributed by atoms with Gasteiger partial charge in [0.25, 0.3) is 5.56 Å². The van der Waals surface area contributed by atoms with Crippen LogP contribution >= 0.6 is 11.3 Å². The van der Waals surface area contributed by atoms with E-state index >= 15 is 0 Å². The van der Waals surface area contributed by atoms with Crippen molar-refractivity contribution < 1.29 is 13.9 Å². The number of carbonyl (C=O) groups excluding carboxylic acids is 1. The standard InChI is InChI=1S/C19H15FN2O3S/c1-25-18(24)16-11-17(23)22(12-13-7-9-14(20)10-8-13)19(26-16)21-15-5-3-2-4-6-15/h2-11H,12H2,1H3. The molecule has 0 amide bonds. The molecule has 0 bridgehead atoms. The van der Waals surface area contributed by atoms with Gasteiger partial charge in [0.2, 0.25) is 0 Å². The van der Waals surface area contributed by atoms with E-state index in [0.29, 0.717) is 10.5 Å². The smallest absolute Gasteiger partial charge is 0.348 e. The highest BCUT2D eigenvalue weighted by atomic mass is 32.1. The molecular formula is C19H15FN2O3S. The summed E-state index contributed by atoms with van der Waals surface area (Å²) < 4.78 is 19.3. The van der Waals surface area contributed by atoms with Crippen molar-refractivity contribution in [3.05, 3.63) is 92.1 Å². The first-order valence-electron chi connectivity index (χ1n) is 7.74. The predicted molar refractivity (Wildman–Crippen MR) is 97.1 cm³/mol. The van der Waals surface area contributed by atoms with Crippen LogP contribution < -0.4 is 10.4 Å². The number of esters is 1. The topological polar surface area (TPSA) is 60.7 Å². The second kappa shape index (κ2) is 7.88. The van der Waals surface area contributed by atoms with Crippen LogP contribution in [-0.2, 0) is 11.3 Å². The first kappa shape index (κ1) is 17.8. The highest BCUT2D eigenvalue weighted by Gasteiger charge is 2.12. The number of hydrogen-bond donors (Lipinski definition) is 0. The van der Waals surface area contributed by atoms with Gasteiger partial charge in [-0.1, -0.05) is 41.7 Å². The predicted octanol–water partition coefficient (Wildman–Crippen LogP) is 3.12. The zero-order chi connectivity index (χ0) is 18.5. The molecule has 3 aromatic rings. The summed E-state index contributed by atoms with van der Waals surface area (Å²) in [6.07, 6.45) is 0. The third kappa shape index (κ3) is 4.12. The third-order valence-corrected chi connectivity index (χ3v) is 4.57. The maximum absolute atomic E-state index is 13.1. The summed E-state index contributed by atoms with van der Waals surface area (Å²) in [7, 11) is 1.26. The van der Waals surface area contributed by atoms with Crippen LogP contribution in [0, 0.1) is 5.82 Å². The number of para-hydroxylation sites is 1. The summed E-state index contributed by atoms with van der Waals surface area (Å²) in [6.45, 7) is 0.211. The Balaban J connectivity index is 2.15. The first-order chi connectivity index (χ1) is 12.6. The van der Waals surface area contributed by atoms with Crippen molar-refractivity contribution in [3.8, 4) is 0 Å². The van der Waals surface area contributed by atoms with Crippen LogP contribution in [0.1, 0.15) is 15.2 Å². The van der Waals surface area contributed by atoms with Crippen molar-refractivity contribution in [3.63, 3.8) is 0 Å². The minimum atomic E-state index is -0.592. The van der Waals surface area contributed by atoms with Crippen LogP contribution in [-0.4, -0.2) is 17.6 Å². The maximum atomic E-state index is 13.1. The Morgan fingerprint density at radius 3 is 2.50 bits per heavy atom. The average Bonchev–Trinajstić information content (AvgIpc) is 2.66. The van der Waals surface area contributed by atoms with Gasteiger partial charge < -0.3 is 4.74 Å². The Bertz CT molecular complexity index is 1040. The Hall–Kier alpha value is -3.06. The number of hydrogen-bond acceptors (Lipinski definition) is 5. The molecule has 0 aliphatic rings. The van der Waals surface area contributed by atoms with Crippen molar-refractivity contribution in [2.75, 3.05) is 7.11 Å². The van der Waals surface area contributed by atoms with E-state index in [-0.39, 0.29) is 22.8 Å². The summed E-state index contributed by atoms with van der Waals surface area (Å²) in [5, 5.41) is 0. The zero-order valence-corrected chi connectivity index (χ0v) is 14.7. The molecule has 26 heavy (non-hydrogen) atoms. The highest BCUT2D eigenvalue weighted by Crippen LogP contribution is 2.10. The third-order valence-electron chi connectivity index (χ3n) is 3.57. The SMILES string of the molecule is COC(=O)c1cc(=O)n(Cc2ccc(F)cc2)c(=Nc2ccccc2)s1. The van der Waals surface area contributed by atoms with Gasteiger partial charge in [-0.05, 0) is 29.8 Å². The quantitative estimate of drug-likeness (QED) is 0.663. The van der Waals surface area contributed by atoms with E-state index in [1.165, 1.54) is 29.9 Å². The summed E-state index contributed by atoms with van der Waals surface area (Å²) in [6, 6.07) is 16.2. The number of ether oxygens (including phenoxy) is 1. The minimum absolute atomic E-state index is 0.169. The average molecular weight is 370 g/mol. The molecule has 1 aromatic heterocycles. The number of aromatic nitrogens is 1. The van der Waals surface area contributed by atoms with E-state index < -0.39 is 5.97 Å². The van der Waals surface area contributed by atoms with Crippen LogP contribution in [0.5, 0.6) is 0 Å². The molecule has 132 valence electrons. The van der Waals surface area contributed by atoms with Crippen molar-refractivity contribution >= 4 is 23.0 Å². The van der Waals surface area contributed by atoms with E-state index in [1.54, 1.807) is 24.3 Å². The molecule has 0 saturated carbocycles. The molecule has 0 radical (unpaired) electrons. The fourth-order valence-electron chi connectivity index (χ4n) is 2.28. The van der Waals surface area contributed by atoms with Gasteiger partial charge in [0.1, 0.15) is 10.7 Å². The molecule has 3 rings (SSSR count). The van der Waals surface area contributed by atoms with Crippen LogP contribution in [0.25, 0.3) is 0 Å². The van der Waals surface area contributed by atoms with Gasteiger partial charge in [-0.25, -0.2) is 14.2 Å². The molecule has 0 spiro atoms. The summed E-state index contributed by atoms with van der Waals surface area (Å²) in [5.74, 6) is -0.940. The number of carbonyl (C=O) groups is 1. The van der Waals surface area contributed by atoms with Crippen LogP contribution in [0.2, 0.25) is 0 Å².